The lowest BCUT2D eigenvalue weighted by Gasteiger charge is -2.26. The molecule has 4 N–H and O–H groups in total. The first-order valence-electron chi connectivity index (χ1n) is 11.4. The van der Waals surface area contributed by atoms with Crippen LogP contribution in [0.2, 0.25) is 0 Å². The maximum Gasteiger partial charge on any atom is 0.339 e. The van der Waals surface area contributed by atoms with Crippen LogP contribution in [0.1, 0.15) is 15.9 Å². The smallest absolute Gasteiger partial charge is 0.339 e. The van der Waals surface area contributed by atoms with Gasteiger partial charge >= 0.3 is 5.97 Å². The van der Waals surface area contributed by atoms with Crippen molar-refractivity contribution >= 4 is 45.1 Å². The van der Waals surface area contributed by atoms with E-state index in [-0.39, 0.29) is 40.5 Å². The Labute approximate surface area is 235 Å². The standard InChI is InChI=1S/C26H21N5O5S.ClH.H3NO/c1-36-20-9-11-21(12-10-20)37(34,35)30(17-18-6-5-13-27-14-18)24-22-16-29-31(19-7-3-2-4-8-19)25(22)28-15-23(24)26(32)33;;1-2/h2-16H,17H2,1H3,(H,32,33);1H;2H,1H2. The van der Waals surface area contributed by atoms with E-state index in [1.807, 2.05) is 30.3 Å². The van der Waals surface area contributed by atoms with Crippen LogP contribution >= 0.6 is 12.4 Å². The molecule has 12 nitrogen and oxygen atoms in total. The second kappa shape index (κ2) is 13.0. The Bertz CT molecular complexity index is 1680. The van der Waals surface area contributed by atoms with Gasteiger partial charge < -0.3 is 15.1 Å². The lowest BCUT2D eigenvalue weighted by molar-refractivity contribution is 0.0697. The van der Waals surface area contributed by atoms with Gasteiger partial charge in [0.15, 0.2) is 5.65 Å². The molecule has 3 heterocycles. The van der Waals surface area contributed by atoms with Crippen molar-refractivity contribution in [1.82, 2.24) is 19.7 Å². The first kappa shape index (κ1) is 30.0. The predicted octanol–water partition coefficient (Wildman–Crippen LogP) is 3.67. The molecule has 0 fully saturated rings. The zero-order valence-electron chi connectivity index (χ0n) is 21.0. The molecule has 14 heteroatoms. The number of sulfonamides is 1. The summed E-state index contributed by atoms with van der Waals surface area (Å²) in [5.74, 6) is 2.66. The molecule has 0 amide bonds. The maximum atomic E-state index is 14.1. The molecule has 0 aliphatic carbocycles. The van der Waals surface area contributed by atoms with Crippen LogP contribution in [0.25, 0.3) is 16.7 Å². The van der Waals surface area contributed by atoms with E-state index >= 15 is 0 Å². The van der Waals surface area contributed by atoms with Crippen molar-refractivity contribution in [3.8, 4) is 11.4 Å². The van der Waals surface area contributed by atoms with Crippen LogP contribution in [0.3, 0.4) is 0 Å². The minimum atomic E-state index is -4.26. The van der Waals surface area contributed by atoms with Gasteiger partial charge in [-0.15, -0.1) is 12.4 Å². The quantitative estimate of drug-likeness (QED) is 0.228. The molecule has 3 aromatic heterocycles. The van der Waals surface area contributed by atoms with Crippen LogP contribution in [-0.4, -0.2) is 51.6 Å². The van der Waals surface area contributed by atoms with E-state index < -0.39 is 16.0 Å². The van der Waals surface area contributed by atoms with Gasteiger partial charge in [-0.25, -0.2) is 28.8 Å². The second-order valence-corrected chi connectivity index (χ2v) is 9.87. The number of aromatic carboxylic acids is 1. The Morgan fingerprint density at radius 1 is 1.00 bits per heavy atom. The average Bonchev–Trinajstić information content (AvgIpc) is 3.42. The van der Waals surface area contributed by atoms with Gasteiger partial charge in [0.25, 0.3) is 10.0 Å². The number of hydrogen-bond donors (Lipinski definition) is 3. The Morgan fingerprint density at radius 3 is 2.30 bits per heavy atom. The van der Waals surface area contributed by atoms with Crippen LogP contribution in [0.5, 0.6) is 5.75 Å². The van der Waals surface area contributed by atoms with Crippen LogP contribution in [0.15, 0.2) is 96.4 Å². The summed E-state index contributed by atoms with van der Waals surface area (Å²) in [5.41, 5.74) is 1.25. The number of carbonyl (C=O) groups is 1. The van der Waals surface area contributed by atoms with E-state index in [0.29, 0.717) is 22.6 Å². The summed E-state index contributed by atoms with van der Waals surface area (Å²) < 4.78 is 35.9. The van der Waals surface area contributed by atoms with Crippen LogP contribution < -0.4 is 14.9 Å². The minimum absolute atomic E-state index is 0. The molecule has 208 valence electrons. The number of aromatic nitrogens is 4. The molecule has 0 saturated heterocycles. The number of fused-ring (bicyclic) bond motifs is 1. The van der Waals surface area contributed by atoms with Gasteiger partial charge in [-0.1, -0.05) is 24.3 Å². The molecule has 40 heavy (non-hydrogen) atoms. The van der Waals surface area contributed by atoms with Crippen molar-refractivity contribution in [2.24, 2.45) is 5.90 Å². The molecule has 0 saturated carbocycles. The first-order chi connectivity index (χ1) is 18.9. The third-order valence-corrected chi connectivity index (χ3v) is 7.51. The number of benzene rings is 2. The molecular weight excluding hydrogens is 560 g/mol. The Hall–Kier alpha value is -4.56. The lowest BCUT2D eigenvalue weighted by Crippen LogP contribution is -2.32. The van der Waals surface area contributed by atoms with Crippen molar-refractivity contribution in [2.75, 3.05) is 11.4 Å². The Morgan fingerprint density at radius 2 is 1.70 bits per heavy atom. The second-order valence-electron chi connectivity index (χ2n) is 8.00. The molecule has 0 bridgehead atoms. The van der Waals surface area contributed by atoms with Gasteiger partial charge in [-0.3, -0.25) is 9.29 Å². The molecule has 0 unspecified atom stereocenters. The molecular formula is C26H25ClN6O6S. The predicted molar refractivity (Wildman–Crippen MR) is 150 cm³/mol. The number of pyridine rings is 2. The summed E-state index contributed by atoms with van der Waals surface area (Å²) in [7, 11) is -2.78. The van der Waals surface area contributed by atoms with Gasteiger partial charge in [-0.05, 0) is 48.0 Å². The van der Waals surface area contributed by atoms with Gasteiger partial charge in [0.05, 0.1) is 41.5 Å². The summed E-state index contributed by atoms with van der Waals surface area (Å²) in [6.45, 7) is -0.169. The van der Waals surface area contributed by atoms with Crippen molar-refractivity contribution in [1.29, 1.82) is 0 Å². The number of carboxylic acid groups (broad SMARTS) is 1. The fourth-order valence-electron chi connectivity index (χ4n) is 3.97. The molecule has 0 spiro atoms. The summed E-state index contributed by atoms with van der Waals surface area (Å²) in [5, 5.41) is 21.2. The average molecular weight is 585 g/mol. The van der Waals surface area contributed by atoms with Crippen molar-refractivity contribution in [2.45, 2.75) is 11.4 Å². The van der Waals surface area contributed by atoms with Crippen LogP contribution in [0.4, 0.5) is 5.69 Å². The van der Waals surface area contributed by atoms with Crippen molar-refractivity contribution in [3.63, 3.8) is 0 Å². The highest BCUT2D eigenvalue weighted by Crippen LogP contribution is 2.36. The maximum absolute atomic E-state index is 14.1. The van der Waals surface area contributed by atoms with E-state index in [2.05, 4.69) is 21.0 Å². The number of nitrogens with zero attached hydrogens (tertiary/aromatic N) is 5. The first-order valence-corrected chi connectivity index (χ1v) is 12.8. The minimum Gasteiger partial charge on any atom is -0.497 e. The van der Waals surface area contributed by atoms with Gasteiger partial charge in [0, 0.05) is 18.6 Å². The van der Waals surface area contributed by atoms with Gasteiger partial charge in [-0.2, -0.15) is 5.10 Å². The number of ether oxygens (including phenoxy) is 1. The van der Waals surface area contributed by atoms with Crippen LogP contribution in [-0.2, 0) is 16.6 Å². The van der Waals surface area contributed by atoms with E-state index in [9.17, 15) is 18.3 Å². The normalized spacial score (nSPS) is 10.7. The SMILES string of the molecule is COc1ccc(S(=O)(=O)N(Cc2cccnc2)c2c(C(=O)O)cnc3c2cnn3-c2ccccc2)cc1.Cl.NO. The number of halogens is 1. The highest BCUT2D eigenvalue weighted by atomic mass is 35.5. The third kappa shape index (κ3) is 5.87. The topological polar surface area (TPSA) is 174 Å². The molecule has 2 aromatic carbocycles. The molecule has 0 aliphatic heterocycles. The van der Waals surface area contributed by atoms with Gasteiger partial charge in [0.1, 0.15) is 11.3 Å². The summed E-state index contributed by atoms with van der Waals surface area (Å²) >= 11 is 0. The zero-order chi connectivity index (χ0) is 28.0. The van der Waals surface area contributed by atoms with Crippen molar-refractivity contribution in [3.05, 3.63) is 103 Å². The summed E-state index contributed by atoms with van der Waals surface area (Å²) in [6, 6.07) is 18.4. The number of hydrogen-bond acceptors (Lipinski definition) is 9. The Balaban J connectivity index is 0.00000144. The van der Waals surface area contributed by atoms with Gasteiger partial charge in [0.2, 0.25) is 0 Å². The molecule has 5 aromatic rings. The lowest BCUT2D eigenvalue weighted by atomic mass is 10.1. The number of rotatable bonds is 8. The van der Waals surface area contributed by atoms with Crippen molar-refractivity contribution < 1.29 is 28.3 Å². The number of carboxylic acids is 1. The molecule has 0 radical (unpaired) electrons. The molecule has 0 aliphatic rings. The fraction of sp³-hybridized carbons (Fsp3) is 0.0769. The number of anilines is 1. The highest BCUT2D eigenvalue weighted by Gasteiger charge is 2.32. The third-order valence-electron chi connectivity index (χ3n) is 5.75. The van der Waals surface area contributed by atoms with E-state index in [1.165, 1.54) is 48.5 Å². The largest absolute Gasteiger partial charge is 0.497 e. The number of para-hydroxylation sites is 1. The molecule has 0 atom stereocenters. The molecule has 5 rings (SSSR count). The zero-order valence-corrected chi connectivity index (χ0v) is 22.7. The fourth-order valence-corrected chi connectivity index (χ4v) is 5.46. The van der Waals surface area contributed by atoms with E-state index in [4.69, 9.17) is 9.94 Å². The van der Waals surface area contributed by atoms with Crippen LogP contribution in [0, 0.1) is 0 Å². The highest BCUT2D eigenvalue weighted by molar-refractivity contribution is 7.92. The monoisotopic (exact) mass is 584 g/mol. The Kier molecular flexibility index (Phi) is 9.74. The number of methoxy groups -OCH3 is 1. The van der Waals surface area contributed by atoms with E-state index in [1.54, 1.807) is 18.3 Å². The summed E-state index contributed by atoms with van der Waals surface area (Å²) in [6.07, 6.45) is 5.68. The van der Waals surface area contributed by atoms with E-state index in [0.717, 1.165) is 10.5 Å². The summed E-state index contributed by atoms with van der Waals surface area (Å²) in [4.78, 5) is 20.7. The number of nitrogens with two attached hydrogens (primary N) is 1.